The number of hydrogen-bond donors (Lipinski definition) is 13. The van der Waals surface area contributed by atoms with E-state index in [2.05, 4.69) is 39.8 Å². The molecule has 0 aromatic carbocycles. The highest BCUT2D eigenvalue weighted by Crippen LogP contribution is 2.74. The van der Waals surface area contributed by atoms with E-state index >= 15 is 0 Å². The second-order valence-electron chi connectivity index (χ2n) is 22.9. The van der Waals surface area contributed by atoms with Gasteiger partial charge in [-0.05, 0) is 91.9 Å². The third-order valence-electron chi connectivity index (χ3n) is 19.2. The van der Waals surface area contributed by atoms with Gasteiger partial charge in [0.05, 0.1) is 44.7 Å². The molecule has 3 heterocycles. The van der Waals surface area contributed by atoms with Gasteiger partial charge in [-0.1, -0.05) is 52.3 Å². The highest BCUT2D eigenvalue weighted by atomic mass is 16.8. The lowest BCUT2D eigenvalue weighted by molar-refractivity contribution is -0.374. The molecule has 13 N–H and O–H groups in total. The SMILES string of the molecule is C[C@H]1O[C@@H](O[C@H]2[C@@H](O)[C@@H](O)[C@H](OC3CCC4(C)C(CCC5(C)C4C=CC4=C6CC(C)(CO)CCC6(CO)C(O)CC45C)C3(C)CO)O[C@@H]2CO[C@@H]2O[C@H](CO)[C@@H](O)[C@@H](O)[C@H]2O)[C@H](O)[C@H](O)[C@H]1O. The normalized spacial score (nSPS) is 55.6. The van der Waals surface area contributed by atoms with Crippen LogP contribution in [0.25, 0.3) is 0 Å². The third kappa shape index (κ3) is 8.06. The molecule has 8 aliphatic rings. The van der Waals surface area contributed by atoms with Crippen LogP contribution in [0.5, 0.6) is 0 Å². The molecule has 25 atom stereocenters. The van der Waals surface area contributed by atoms with Crippen molar-refractivity contribution in [2.24, 2.45) is 44.3 Å². The standard InChI is InChI=1S/C48H78O19/c1-22-31(54)33(56)37(60)41(63-22)67-39-26(18-62-40-36(59)34(57)32(55)25(17-49)64-40)65-42(38(61)35(39)58)66-30-10-11-44(3)27(45(30,4)20-51)9-12-46(5)28(44)8-7-23-24-15-43(2,19-50)13-14-48(24,21-52)29(53)16-47(23,46)6/h7-8,22,25-42,49-61H,9-21H2,1-6H3/t22-,25-,26-,27?,28?,29?,30?,31+,32-,33-,34-,35+,36-,37-,38-,39-,40-,41+,42+,43?,44?,45?,46?,47?,48?/m1/s1. The maximum Gasteiger partial charge on any atom is 0.187 e. The minimum Gasteiger partial charge on any atom is -0.396 e. The predicted octanol–water partition coefficient (Wildman–Crippen LogP) is -1.52. The number of hydrogen-bond acceptors (Lipinski definition) is 19. The van der Waals surface area contributed by atoms with Crippen molar-refractivity contribution in [3.8, 4) is 0 Å². The van der Waals surface area contributed by atoms with E-state index in [0.29, 0.717) is 44.9 Å². The Labute approximate surface area is 391 Å². The fourth-order valence-electron chi connectivity index (χ4n) is 14.5. The molecule has 3 aliphatic heterocycles. The van der Waals surface area contributed by atoms with Gasteiger partial charge >= 0.3 is 0 Å². The average molecular weight is 959 g/mol. The van der Waals surface area contributed by atoms with E-state index in [-0.39, 0.29) is 47.9 Å². The van der Waals surface area contributed by atoms with Crippen LogP contribution in [0.1, 0.15) is 92.9 Å². The van der Waals surface area contributed by atoms with E-state index in [4.69, 9.17) is 28.4 Å². The Bertz CT molecular complexity index is 1840. The molecule has 0 amide bonds. The van der Waals surface area contributed by atoms with Crippen molar-refractivity contribution in [2.75, 3.05) is 33.0 Å². The van der Waals surface area contributed by atoms with Gasteiger partial charge in [-0.3, -0.25) is 0 Å². The summed E-state index contributed by atoms with van der Waals surface area (Å²) in [5, 5.41) is 141. The summed E-state index contributed by atoms with van der Waals surface area (Å²) in [5.41, 5.74) is -1.05. The first-order valence-corrected chi connectivity index (χ1v) is 24.3. The summed E-state index contributed by atoms with van der Waals surface area (Å²) in [7, 11) is 0. The zero-order chi connectivity index (χ0) is 49.0. The molecule has 10 unspecified atom stereocenters. The maximum atomic E-state index is 12.1. The lowest BCUT2D eigenvalue weighted by Crippen LogP contribution is -2.67. The Morgan fingerprint density at radius 1 is 0.642 bits per heavy atom. The van der Waals surface area contributed by atoms with Crippen LogP contribution in [-0.2, 0) is 28.4 Å². The van der Waals surface area contributed by atoms with Crippen LogP contribution in [0.4, 0.5) is 0 Å². The number of rotatable bonds is 11. The first-order chi connectivity index (χ1) is 31.4. The van der Waals surface area contributed by atoms with Gasteiger partial charge in [0.2, 0.25) is 0 Å². The van der Waals surface area contributed by atoms with Gasteiger partial charge in [-0.15, -0.1) is 0 Å². The van der Waals surface area contributed by atoms with Gasteiger partial charge in [0.15, 0.2) is 18.9 Å². The van der Waals surface area contributed by atoms with Gasteiger partial charge in [0, 0.05) is 22.9 Å². The minimum atomic E-state index is -1.83. The molecule has 0 radical (unpaired) electrons. The van der Waals surface area contributed by atoms with Gasteiger partial charge in [-0.25, -0.2) is 0 Å². The predicted molar refractivity (Wildman–Crippen MR) is 233 cm³/mol. The second-order valence-corrected chi connectivity index (χ2v) is 22.9. The lowest BCUT2D eigenvalue weighted by atomic mass is 9.35. The monoisotopic (exact) mass is 959 g/mol. The Kier molecular flexibility index (Phi) is 14.5. The number of fused-ring (bicyclic) bond motifs is 6. The molecule has 67 heavy (non-hydrogen) atoms. The molecule has 0 bridgehead atoms. The highest BCUT2D eigenvalue weighted by molar-refractivity contribution is 5.47. The Morgan fingerprint density at radius 2 is 1.28 bits per heavy atom. The molecule has 0 aromatic rings. The largest absolute Gasteiger partial charge is 0.396 e. The van der Waals surface area contributed by atoms with Gasteiger partial charge in [0.1, 0.15) is 67.1 Å². The van der Waals surface area contributed by atoms with Crippen molar-refractivity contribution in [3.05, 3.63) is 23.3 Å². The number of aliphatic hydroxyl groups excluding tert-OH is 13. The van der Waals surface area contributed by atoms with E-state index in [1.165, 1.54) is 6.92 Å². The molecule has 5 aliphatic carbocycles. The van der Waals surface area contributed by atoms with Crippen molar-refractivity contribution in [2.45, 2.75) is 197 Å². The molecule has 384 valence electrons. The van der Waals surface area contributed by atoms with Crippen LogP contribution < -0.4 is 0 Å². The van der Waals surface area contributed by atoms with E-state index in [1.54, 1.807) is 0 Å². The van der Waals surface area contributed by atoms with Crippen molar-refractivity contribution < 1.29 is 94.8 Å². The fourth-order valence-corrected chi connectivity index (χ4v) is 14.5. The van der Waals surface area contributed by atoms with Crippen LogP contribution in [0.2, 0.25) is 0 Å². The van der Waals surface area contributed by atoms with Crippen molar-refractivity contribution in [1.82, 2.24) is 0 Å². The van der Waals surface area contributed by atoms with Crippen LogP contribution in [0, 0.1) is 44.3 Å². The molecule has 6 fully saturated rings. The summed E-state index contributed by atoms with van der Waals surface area (Å²) in [6.45, 7) is 10.5. The molecule has 3 saturated carbocycles. The van der Waals surface area contributed by atoms with Crippen LogP contribution in [0.15, 0.2) is 23.3 Å². The quantitative estimate of drug-likeness (QED) is 0.105. The summed E-state index contributed by atoms with van der Waals surface area (Å²) < 4.78 is 36.0. The maximum absolute atomic E-state index is 12.1. The lowest BCUT2D eigenvalue weighted by Gasteiger charge is -2.70. The smallest absolute Gasteiger partial charge is 0.187 e. The first kappa shape index (κ1) is 52.1. The third-order valence-corrected chi connectivity index (χ3v) is 19.2. The molecular formula is C48H78O19. The van der Waals surface area contributed by atoms with E-state index < -0.39 is 134 Å². The van der Waals surface area contributed by atoms with Crippen LogP contribution in [0.3, 0.4) is 0 Å². The van der Waals surface area contributed by atoms with Gasteiger partial charge in [-0.2, -0.15) is 0 Å². The van der Waals surface area contributed by atoms with Crippen molar-refractivity contribution >= 4 is 0 Å². The number of aliphatic hydroxyl groups is 13. The summed E-state index contributed by atoms with van der Waals surface area (Å²) in [5.74, 6) is -0.121. The topological polar surface area (TPSA) is 318 Å². The van der Waals surface area contributed by atoms with E-state index in [9.17, 15) is 66.4 Å². The summed E-state index contributed by atoms with van der Waals surface area (Å²) in [6, 6.07) is 0. The molecule has 19 nitrogen and oxygen atoms in total. The molecule has 8 rings (SSSR count). The molecule has 0 spiro atoms. The summed E-state index contributed by atoms with van der Waals surface area (Å²) in [4.78, 5) is 0. The van der Waals surface area contributed by atoms with Crippen molar-refractivity contribution in [3.63, 3.8) is 0 Å². The van der Waals surface area contributed by atoms with Gasteiger partial charge < -0.3 is 94.8 Å². The summed E-state index contributed by atoms with van der Waals surface area (Å²) in [6.07, 6.45) is -16.1. The average Bonchev–Trinajstić information content (AvgIpc) is 3.30. The van der Waals surface area contributed by atoms with Gasteiger partial charge in [0.25, 0.3) is 0 Å². The van der Waals surface area contributed by atoms with Crippen molar-refractivity contribution in [1.29, 1.82) is 0 Å². The second kappa shape index (κ2) is 18.6. The summed E-state index contributed by atoms with van der Waals surface area (Å²) >= 11 is 0. The number of allylic oxidation sites excluding steroid dienone is 3. The van der Waals surface area contributed by atoms with E-state index in [0.717, 1.165) is 17.6 Å². The van der Waals surface area contributed by atoms with Crippen LogP contribution in [-0.4, -0.2) is 204 Å². The minimum absolute atomic E-state index is 0.00136. The first-order valence-electron chi connectivity index (χ1n) is 24.3. The zero-order valence-corrected chi connectivity index (χ0v) is 39.6. The molecular weight excluding hydrogens is 881 g/mol. The Hall–Kier alpha value is -1.28. The van der Waals surface area contributed by atoms with E-state index in [1.807, 2.05) is 6.92 Å². The fraction of sp³-hybridized carbons (Fsp3) is 0.917. The highest BCUT2D eigenvalue weighted by Gasteiger charge is 2.69. The Balaban J connectivity index is 1.06. The molecule has 19 heteroatoms. The Morgan fingerprint density at radius 3 is 1.94 bits per heavy atom. The zero-order valence-electron chi connectivity index (χ0n) is 39.6. The van der Waals surface area contributed by atoms with Crippen LogP contribution >= 0.6 is 0 Å². The molecule has 0 aromatic heterocycles. The molecule has 3 saturated heterocycles. The number of ether oxygens (including phenoxy) is 6.